The van der Waals surface area contributed by atoms with E-state index in [1.54, 1.807) is 12.2 Å². The molecule has 0 saturated heterocycles. The van der Waals surface area contributed by atoms with Crippen molar-refractivity contribution in [3.63, 3.8) is 0 Å². The Labute approximate surface area is 145 Å². The van der Waals surface area contributed by atoms with Crippen molar-refractivity contribution in [1.29, 1.82) is 0 Å². The van der Waals surface area contributed by atoms with Gasteiger partial charge < -0.3 is 10.2 Å². The molecule has 1 rings (SSSR count). The van der Waals surface area contributed by atoms with E-state index < -0.39 is 0 Å². The number of benzene rings is 1. The third-order valence-corrected chi connectivity index (χ3v) is 2.52. The quantitative estimate of drug-likeness (QED) is 0.716. The van der Waals surface area contributed by atoms with Crippen LogP contribution in [0.2, 0.25) is 0 Å². The highest BCUT2D eigenvalue weighted by molar-refractivity contribution is 5.18. The lowest BCUT2D eigenvalue weighted by Gasteiger charge is -2.11. The zero-order valence-corrected chi connectivity index (χ0v) is 16.4. The minimum Gasteiger partial charge on any atom is -0.378 e. The molecule has 0 amide bonds. The van der Waals surface area contributed by atoms with Gasteiger partial charge in [0, 0.05) is 19.8 Å². The fraction of sp³-hybridized carbons (Fsp3) is 0.429. The summed E-state index contributed by atoms with van der Waals surface area (Å²) >= 11 is 0. The zero-order valence-electron chi connectivity index (χ0n) is 16.4. The molecule has 2 heteroatoms. The van der Waals surface area contributed by atoms with Crippen LogP contribution in [0.25, 0.3) is 0 Å². The summed E-state index contributed by atoms with van der Waals surface area (Å²) in [7, 11) is 5.91. The van der Waals surface area contributed by atoms with Crippen molar-refractivity contribution >= 4 is 0 Å². The summed E-state index contributed by atoms with van der Waals surface area (Å²) in [4.78, 5) is 1.98. The minimum absolute atomic E-state index is 1.06. The summed E-state index contributed by atoms with van der Waals surface area (Å²) in [5.41, 5.74) is 2.47. The first-order valence-electron chi connectivity index (χ1n) is 8.46. The second-order valence-electron chi connectivity index (χ2n) is 4.26. The molecule has 0 fully saturated rings. The second kappa shape index (κ2) is 22.5. The standard InChI is InChI=1S/C9H13N.C8H13N.2C2H6/c1-10-8-7-9-5-3-2-4-6-9;1-5-7-8(6-2)9(3)4;2*1-2/h2-6,10H,7-8H2,1H3;5-7H,1-2H2,3-4H3;2*1-2H3/b;8-7+;;. The van der Waals surface area contributed by atoms with E-state index in [0.717, 1.165) is 18.7 Å². The molecule has 0 aliphatic heterocycles. The number of hydrogen-bond donors (Lipinski definition) is 1. The van der Waals surface area contributed by atoms with Crippen molar-refractivity contribution in [3.05, 3.63) is 73.0 Å². The van der Waals surface area contributed by atoms with Crippen molar-refractivity contribution in [1.82, 2.24) is 10.2 Å². The van der Waals surface area contributed by atoms with Crippen LogP contribution in [0.4, 0.5) is 0 Å². The number of likely N-dealkylation sites (N-methyl/N-ethyl adjacent to an activating group) is 2. The van der Waals surface area contributed by atoms with Gasteiger partial charge in [-0.15, -0.1) is 0 Å². The highest BCUT2D eigenvalue weighted by atomic mass is 15.1. The molecule has 23 heavy (non-hydrogen) atoms. The Morgan fingerprint density at radius 3 is 1.87 bits per heavy atom. The first-order chi connectivity index (χ1) is 11.2. The Morgan fingerprint density at radius 1 is 1.04 bits per heavy atom. The lowest BCUT2D eigenvalue weighted by atomic mass is 10.2. The van der Waals surface area contributed by atoms with Gasteiger partial charge in [0.15, 0.2) is 0 Å². The predicted octanol–water partition coefficient (Wildman–Crippen LogP) is 5.30. The molecule has 0 aromatic heterocycles. The zero-order chi connectivity index (χ0) is 18.5. The van der Waals surface area contributed by atoms with E-state index in [4.69, 9.17) is 0 Å². The third-order valence-electron chi connectivity index (χ3n) is 2.52. The van der Waals surface area contributed by atoms with Gasteiger partial charge in [-0.2, -0.15) is 0 Å². The van der Waals surface area contributed by atoms with Gasteiger partial charge in [0.25, 0.3) is 0 Å². The van der Waals surface area contributed by atoms with Crippen LogP contribution in [0.5, 0.6) is 0 Å². The van der Waals surface area contributed by atoms with Crippen molar-refractivity contribution in [2.75, 3.05) is 27.7 Å². The summed E-state index contributed by atoms with van der Waals surface area (Å²) < 4.78 is 0. The molecule has 2 nitrogen and oxygen atoms in total. The van der Waals surface area contributed by atoms with Gasteiger partial charge in [-0.1, -0.05) is 77.3 Å². The molecule has 0 heterocycles. The maximum absolute atomic E-state index is 3.64. The van der Waals surface area contributed by atoms with E-state index in [1.807, 2.05) is 65.9 Å². The highest BCUT2D eigenvalue weighted by Crippen LogP contribution is 1.98. The van der Waals surface area contributed by atoms with Crippen LogP contribution in [0.1, 0.15) is 33.3 Å². The average molecular weight is 319 g/mol. The molecule has 1 aromatic rings. The van der Waals surface area contributed by atoms with Crippen LogP contribution in [0.15, 0.2) is 67.4 Å². The molecule has 0 bridgehead atoms. The van der Waals surface area contributed by atoms with Gasteiger partial charge in [-0.3, -0.25) is 0 Å². The van der Waals surface area contributed by atoms with Crippen LogP contribution in [-0.2, 0) is 6.42 Å². The number of rotatable bonds is 6. The number of hydrogen-bond acceptors (Lipinski definition) is 2. The average Bonchev–Trinajstić information content (AvgIpc) is 2.62. The van der Waals surface area contributed by atoms with Gasteiger partial charge in [0.1, 0.15) is 0 Å². The first kappa shape index (κ1) is 26.1. The Morgan fingerprint density at radius 2 is 1.57 bits per heavy atom. The molecule has 132 valence electrons. The van der Waals surface area contributed by atoms with Crippen molar-refractivity contribution < 1.29 is 0 Å². The SMILES string of the molecule is C=C/C=C(\C=C)N(C)C.CC.CC.CNCCc1ccccc1. The molecule has 0 spiro atoms. The normalized spacial score (nSPS) is 8.91. The maximum Gasteiger partial charge on any atom is 0.0354 e. The fourth-order valence-corrected chi connectivity index (χ4v) is 1.43. The molecular weight excluding hydrogens is 280 g/mol. The molecule has 0 unspecified atom stereocenters. The van der Waals surface area contributed by atoms with Crippen LogP contribution < -0.4 is 5.32 Å². The minimum atomic E-state index is 1.06. The van der Waals surface area contributed by atoms with Gasteiger partial charge in [-0.25, -0.2) is 0 Å². The molecule has 0 atom stereocenters. The third kappa shape index (κ3) is 18.2. The van der Waals surface area contributed by atoms with Crippen molar-refractivity contribution in [3.8, 4) is 0 Å². The summed E-state index contributed by atoms with van der Waals surface area (Å²) in [6, 6.07) is 10.5. The topological polar surface area (TPSA) is 15.3 Å². The summed E-state index contributed by atoms with van der Waals surface area (Å²) in [5.74, 6) is 0. The van der Waals surface area contributed by atoms with E-state index >= 15 is 0 Å². The predicted molar refractivity (Wildman–Crippen MR) is 109 cm³/mol. The largest absolute Gasteiger partial charge is 0.378 e. The molecular formula is C21H38N2. The Bertz CT molecular complexity index is 378. The van der Waals surface area contributed by atoms with Crippen LogP contribution in [0.3, 0.4) is 0 Å². The number of allylic oxidation sites excluding steroid dienone is 3. The van der Waals surface area contributed by atoms with E-state index in [2.05, 4.69) is 42.7 Å². The maximum atomic E-state index is 3.64. The highest BCUT2D eigenvalue weighted by Gasteiger charge is 1.88. The fourth-order valence-electron chi connectivity index (χ4n) is 1.43. The van der Waals surface area contributed by atoms with Gasteiger partial charge in [-0.05, 0) is 37.7 Å². The van der Waals surface area contributed by atoms with E-state index in [-0.39, 0.29) is 0 Å². The second-order valence-corrected chi connectivity index (χ2v) is 4.26. The molecule has 1 N–H and O–H groups in total. The Hall–Kier alpha value is -1.80. The van der Waals surface area contributed by atoms with Gasteiger partial charge in [0.2, 0.25) is 0 Å². The molecule has 0 saturated carbocycles. The van der Waals surface area contributed by atoms with Crippen LogP contribution in [-0.4, -0.2) is 32.6 Å². The first-order valence-corrected chi connectivity index (χ1v) is 8.46. The van der Waals surface area contributed by atoms with Crippen LogP contribution >= 0.6 is 0 Å². The summed E-state index contributed by atoms with van der Waals surface area (Å²) in [6.45, 7) is 16.3. The Balaban J connectivity index is -0.000000287. The Kier molecular flexibility index (Phi) is 25.5. The number of nitrogens with one attached hydrogen (secondary N) is 1. The van der Waals surface area contributed by atoms with E-state index in [9.17, 15) is 0 Å². The molecule has 0 radical (unpaired) electrons. The van der Waals surface area contributed by atoms with E-state index in [0.29, 0.717) is 0 Å². The lowest BCUT2D eigenvalue weighted by Crippen LogP contribution is -2.09. The van der Waals surface area contributed by atoms with E-state index in [1.165, 1.54) is 5.56 Å². The molecule has 1 aromatic carbocycles. The number of nitrogens with zero attached hydrogens (tertiary/aromatic N) is 1. The smallest absolute Gasteiger partial charge is 0.0354 e. The summed E-state index contributed by atoms with van der Waals surface area (Å²) in [6.07, 6.45) is 6.57. The van der Waals surface area contributed by atoms with Crippen LogP contribution in [0, 0.1) is 0 Å². The van der Waals surface area contributed by atoms with Crippen molar-refractivity contribution in [2.24, 2.45) is 0 Å². The molecule has 0 aliphatic rings. The summed E-state index contributed by atoms with van der Waals surface area (Å²) in [5, 5.41) is 3.12. The van der Waals surface area contributed by atoms with Gasteiger partial charge >= 0.3 is 0 Å². The van der Waals surface area contributed by atoms with Crippen molar-refractivity contribution in [2.45, 2.75) is 34.1 Å². The molecule has 0 aliphatic carbocycles. The monoisotopic (exact) mass is 318 g/mol. The van der Waals surface area contributed by atoms with Gasteiger partial charge in [0.05, 0.1) is 0 Å². The lowest BCUT2D eigenvalue weighted by molar-refractivity contribution is 0.530.